The van der Waals surface area contributed by atoms with Crippen molar-refractivity contribution in [1.29, 1.82) is 0 Å². The number of hydrogen-bond acceptors (Lipinski definition) is 1. The zero-order chi connectivity index (χ0) is 32.7. The topological polar surface area (TPSA) is 12.9 Å². The Labute approximate surface area is 286 Å². The minimum absolute atomic E-state index is 0.0867. The lowest BCUT2D eigenvalue weighted by Crippen LogP contribution is -2.14. The second-order valence-electron chi connectivity index (χ2n) is 13.9. The molecule has 0 amide bonds. The minimum Gasteiger partial charge on any atom is -0.248 e. The Kier molecular flexibility index (Phi) is 5.99. The minimum atomic E-state index is -0.0867. The van der Waals surface area contributed by atoms with Crippen LogP contribution < -0.4 is 0 Å². The van der Waals surface area contributed by atoms with Gasteiger partial charge in [0.05, 0.1) is 11.2 Å². The standard InChI is InChI=1S/C48H33N/c1-48(2)41-22-9-8-19-38(41)46-39(21-12-23-42(46)48)45-35-17-6-7-18-36(35)47(44-28-26-31-14-4-10-24-43(31)49-44)37-27-25-32(29-40(37)45)34-20-11-15-30-13-3-5-16-33(30)34/h3-29H,1-2H3. The molecule has 0 aliphatic heterocycles. The van der Waals surface area contributed by atoms with E-state index in [-0.39, 0.29) is 5.41 Å². The van der Waals surface area contributed by atoms with Gasteiger partial charge in [0.2, 0.25) is 0 Å². The van der Waals surface area contributed by atoms with E-state index in [0.29, 0.717) is 0 Å². The quantitative estimate of drug-likeness (QED) is 0.178. The summed E-state index contributed by atoms with van der Waals surface area (Å²) in [7, 11) is 0. The molecule has 1 aliphatic carbocycles. The van der Waals surface area contributed by atoms with E-state index in [0.717, 1.165) is 16.6 Å². The molecule has 0 N–H and O–H groups in total. The summed E-state index contributed by atoms with van der Waals surface area (Å²) in [6.45, 7) is 4.73. The predicted octanol–water partition coefficient (Wildman–Crippen LogP) is 13.0. The predicted molar refractivity (Wildman–Crippen MR) is 208 cm³/mol. The van der Waals surface area contributed by atoms with Gasteiger partial charge in [-0.25, -0.2) is 4.98 Å². The summed E-state index contributed by atoms with van der Waals surface area (Å²) in [5.74, 6) is 0. The molecule has 1 heterocycles. The van der Waals surface area contributed by atoms with Crippen molar-refractivity contribution in [3.63, 3.8) is 0 Å². The molecular formula is C48H33N. The summed E-state index contributed by atoms with van der Waals surface area (Å²) in [4.78, 5) is 5.28. The van der Waals surface area contributed by atoms with Gasteiger partial charge >= 0.3 is 0 Å². The van der Waals surface area contributed by atoms with Gasteiger partial charge in [-0.3, -0.25) is 0 Å². The Morgan fingerprint density at radius 2 is 1.00 bits per heavy atom. The van der Waals surface area contributed by atoms with Gasteiger partial charge in [0, 0.05) is 16.4 Å². The van der Waals surface area contributed by atoms with Gasteiger partial charge in [-0.05, 0) is 95.0 Å². The SMILES string of the molecule is CC1(C)c2ccccc2-c2c(-c3c4ccccc4c(-c4ccc5ccccc5n4)c4ccc(-c5cccc6ccccc56)cc34)cccc21. The Balaban J connectivity index is 1.37. The van der Waals surface area contributed by atoms with Crippen molar-refractivity contribution in [2.45, 2.75) is 19.3 Å². The molecule has 9 aromatic rings. The molecule has 0 atom stereocenters. The highest BCUT2D eigenvalue weighted by Crippen LogP contribution is 2.54. The first kappa shape index (κ1) is 28.0. The lowest BCUT2D eigenvalue weighted by molar-refractivity contribution is 0.660. The number of fused-ring (bicyclic) bond motifs is 7. The molecule has 0 radical (unpaired) electrons. The monoisotopic (exact) mass is 623 g/mol. The highest BCUT2D eigenvalue weighted by atomic mass is 14.7. The van der Waals surface area contributed by atoms with Crippen LogP contribution >= 0.6 is 0 Å². The lowest BCUT2D eigenvalue weighted by atomic mass is 9.80. The number of nitrogens with zero attached hydrogens (tertiary/aromatic N) is 1. The van der Waals surface area contributed by atoms with Crippen LogP contribution in [0.2, 0.25) is 0 Å². The molecule has 1 aromatic heterocycles. The second kappa shape index (κ2) is 10.5. The van der Waals surface area contributed by atoms with E-state index >= 15 is 0 Å². The highest BCUT2D eigenvalue weighted by Gasteiger charge is 2.37. The largest absolute Gasteiger partial charge is 0.248 e. The van der Waals surface area contributed by atoms with Crippen LogP contribution in [0, 0.1) is 0 Å². The first-order valence-electron chi connectivity index (χ1n) is 17.1. The van der Waals surface area contributed by atoms with Crippen LogP contribution in [-0.4, -0.2) is 4.98 Å². The van der Waals surface area contributed by atoms with Crippen molar-refractivity contribution in [3.05, 3.63) is 175 Å². The van der Waals surface area contributed by atoms with Crippen molar-refractivity contribution in [2.24, 2.45) is 0 Å². The molecule has 1 aliphatic rings. The average Bonchev–Trinajstić information content (AvgIpc) is 3.39. The summed E-state index contributed by atoms with van der Waals surface area (Å²) >= 11 is 0. The maximum Gasteiger partial charge on any atom is 0.0722 e. The summed E-state index contributed by atoms with van der Waals surface area (Å²) in [6.07, 6.45) is 0. The van der Waals surface area contributed by atoms with Crippen molar-refractivity contribution in [2.75, 3.05) is 0 Å². The second-order valence-corrected chi connectivity index (χ2v) is 13.9. The molecule has 0 spiro atoms. The number of hydrogen-bond donors (Lipinski definition) is 0. The Morgan fingerprint density at radius 3 is 1.88 bits per heavy atom. The Bertz CT molecular complexity index is 2800. The third-order valence-electron chi connectivity index (χ3n) is 10.9. The van der Waals surface area contributed by atoms with Gasteiger partial charge in [0.25, 0.3) is 0 Å². The summed E-state index contributed by atoms with van der Waals surface area (Å²) in [5.41, 5.74) is 13.6. The third kappa shape index (κ3) is 4.09. The lowest BCUT2D eigenvalue weighted by Gasteiger charge is -2.23. The first-order valence-corrected chi connectivity index (χ1v) is 17.1. The van der Waals surface area contributed by atoms with Crippen molar-refractivity contribution < 1.29 is 0 Å². The molecular weight excluding hydrogens is 591 g/mol. The highest BCUT2D eigenvalue weighted by molar-refractivity contribution is 6.23. The van der Waals surface area contributed by atoms with E-state index < -0.39 is 0 Å². The van der Waals surface area contributed by atoms with E-state index in [2.05, 4.69) is 178 Å². The molecule has 0 unspecified atom stereocenters. The number of aromatic nitrogens is 1. The molecule has 49 heavy (non-hydrogen) atoms. The fraction of sp³-hybridized carbons (Fsp3) is 0.0625. The van der Waals surface area contributed by atoms with Gasteiger partial charge in [-0.15, -0.1) is 0 Å². The number of para-hydroxylation sites is 1. The summed E-state index contributed by atoms with van der Waals surface area (Å²) in [5, 5.41) is 8.57. The molecule has 0 fully saturated rings. The van der Waals surface area contributed by atoms with Crippen LogP contribution in [-0.2, 0) is 5.41 Å². The Morgan fingerprint density at radius 1 is 0.388 bits per heavy atom. The third-order valence-corrected chi connectivity index (χ3v) is 10.9. The smallest absolute Gasteiger partial charge is 0.0722 e. The van der Waals surface area contributed by atoms with Crippen LogP contribution in [0.15, 0.2) is 164 Å². The Hall–Kier alpha value is -6.05. The van der Waals surface area contributed by atoms with E-state index in [4.69, 9.17) is 4.98 Å². The van der Waals surface area contributed by atoms with Crippen molar-refractivity contribution >= 4 is 43.2 Å². The van der Waals surface area contributed by atoms with Crippen LogP contribution in [0.3, 0.4) is 0 Å². The zero-order valence-electron chi connectivity index (χ0n) is 27.5. The van der Waals surface area contributed by atoms with Gasteiger partial charge < -0.3 is 0 Å². The zero-order valence-corrected chi connectivity index (χ0v) is 27.5. The molecule has 0 saturated heterocycles. The van der Waals surface area contributed by atoms with Gasteiger partial charge in [-0.2, -0.15) is 0 Å². The van der Waals surface area contributed by atoms with Gasteiger partial charge in [0.1, 0.15) is 0 Å². The van der Waals surface area contributed by atoms with Crippen molar-refractivity contribution in [1.82, 2.24) is 4.98 Å². The van der Waals surface area contributed by atoms with Gasteiger partial charge in [-0.1, -0.05) is 159 Å². The summed E-state index contributed by atoms with van der Waals surface area (Å²) in [6, 6.07) is 60.1. The average molecular weight is 624 g/mol. The normalized spacial score (nSPS) is 13.3. The van der Waals surface area contributed by atoms with E-state index in [9.17, 15) is 0 Å². The molecule has 8 aromatic carbocycles. The number of rotatable bonds is 3. The molecule has 1 heteroatoms. The fourth-order valence-electron chi connectivity index (χ4n) is 8.56. The number of pyridine rings is 1. The first-order chi connectivity index (χ1) is 24.1. The maximum absolute atomic E-state index is 5.28. The molecule has 0 saturated carbocycles. The maximum atomic E-state index is 5.28. The van der Waals surface area contributed by atoms with Crippen LogP contribution in [0.5, 0.6) is 0 Å². The van der Waals surface area contributed by atoms with Crippen LogP contribution in [0.25, 0.3) is 87.9 Å². The van der Waals surface area contributed by atoms with E-state index in [1.54, 1.807) is 0 Å². The molecule has 1 nitrogen and oxygen atoms in total. The van der Waals surface area contributed by atoms with Crippen molar-refractivity contribution in [3.8, 4) is 44.6 Å². The summed E-state index contributed by atoms with van der Waals surface area (Å²) < 4.78 is 0. The number of benzene rings is 8. The van der Waals surface area contributed by atoms with Crippen LogP contribution in [0.4, 0.5) is 0 Å². The van der Waals surface area contributed by atoms with E-state index in [1.165, 1.54) is 82.4 Å². The van der Waals surface area contributed by atoms with E-state index in [1.807, 2.05) is 0 Å². The van der Waals surface area contributed by atoms with Gasteiger partial charge in [0.15, 0.2) is 0 Å². The molecule has 10 rings (SSSR count). The van der Waals surface area contributed by atoms with Crippen LogP contribution in [0.1, 0.15) is 25.0 Å². The molecule has 0 bridgehead atoms. The fourth-order valence-corrected chi connectivity index (χ4v) is 8.56. The molecule has 230 valence electrons.